The molecular formula is C30H59N5O3. The first-order valence-electron chi connectivity index (χ1n) is 15.7. The van der Waals surface area contributed by atoms with Gasteiger partial charge in [0.15, 0.2) is 0 Å². The molecule has 2 aliphatic carbocycles. The Kier molecular flexibility index (Phi) is 13.3. The van der Waals surface area contributed by atoms with E-state index in [9.17, 15) is 4.79 Å². The van der Waals surface area contributed by atoms with Gasteiger partial charge in [0.1, 0.15) is 17.9 Å². The number of rotatable bonds is 13. The van der Waals surface area contributed by atoms with Gasteiger partial charge < -0.3 is 19.7 Å². The largest absolute Gasteiger partial charge is 0.459 e. The summed E-state index contributed by atoms with van der Waals surface area (Å²) in [4.78, 5) is 14.7. The van der Waals surface area contributed by atoms with E-state index in [-0.39, 0.29) is 18.3 Å². The standard InChI is InChI=1S/C30H59N5O3/c1-7-35(8-2)17-18-37-27-15-13-26(14-16-27)34-29-32-20-25(21-33-29)24-11-9-23(10-12-24)19-31-22(3)28(36)38-30(4,5)6/h22-27,29,31-34H,7-21H2,1-6H3/t22-,23?,24?,25?,26?,27?,29?/m0/s1. The lowest BCUT2D eigenvalue weighted by Gasteiger charge is -2.41. The van der Waals surface area contributed by atoms with Crippen molar-refractivity contribution in [3.8, 4) is 0 Å². The van der Waals surface area contributed by atoms with E-state index in [1.54, 1.807) is 0 Å². The van der Waals surface area contributed by atoms with E-state index < -0.39 is 5.60 Å². The minimum atomic E-state index is -0.430. The first-order chi connectivity index (χ1) is 18.2. The zero-order valence-corrected chi connectivity index (χ0v) is 25.3. The molecule has 0 bridgehead atoms. The SMILES string of the molecule is CCN(CC)CCOC1CCC(NC2NCC(C3CCC(CN[C@@H](C)C(=O)OC(C)(C)C)CC3)CN2)CC1. The number of hydrogen-bond acceptors (Lipinski definition) is 8. The molecule has 4 N–H and O–H groups in total. The third-order valence-corrected chi connectivity index (χ3v) is 8.93. The van der Waals surface area contributed by atoms with Gasteiger partial charge in [-0.05, 0) is 116 Å². The summed E-state index contributed by atoms with van der Waals surface area (Å²) in [5, 5.41) is 14.7. The molecule has 38 heavy (non-hydrogen) atoms. The number of carbonyl (C=O) groups is 1. The zero-order valence-electron chi connectivity index (χ0n) is 25.3. The number of carbonyl (C=O) groups excluding carboxylic acids is 1. The summed E-state index contributed by atoms with van der Waals surface area (Å²) in [7, 11) is 0. The molecule has 0 spiro atoms. The van der Waals surface area contributed by atoms with Crippen molar-refractivity contribution in [2.45, 2.75) is 123 Å². The Hall–Kier alpha value is -0.770. The molecule has 0 amide bonds. The fraction of sp³-hybridized carbons (Fsp3) is 0.967. The van der Waals surface area contributed by atoms with Crippen LogP contribution in [-0.4, -0.2) is 86.8 Å². The molecule has 3 fully saturated rings. The fourth-order valence-electron chi connectivity index (χ4n) is 6.33. The second kappa shape index (κ2) is 15.9. The van der Waals surface area contributed by atoms with Crippen LogP contribution < -0.4 is 21.3 Å². The van der Waals surface area contributed by atoms with Gasteiger partial charge in [0.2, 0.25) is 0 Å². The summed E-state index contributed by atoms with van der Waals surface area (Å²) in [5.41, 5.74) is -0.430. The molecule has 2 saturated carbocycles. The van der Waals surface area contributed by atoms with Crippen molar-refractivity contribution in [3.63, 3.8) is 0 Å². The van der Waals surface area contributed by atoms with Gasteiger partial charge in [-0.2, -0.15) is 0 Å². The molecule has 1 heterocycles. The van der Waals surface area contributed by atoms with E-state index in [1.165, 1.54) is 51.4 Å². The molecule has 1 aliphatic heterocycles. The predicted molar refractivity (Wildman–Crippen MR) is 155 cm³/mol. The highest BCUT2D eigenvalue weighted by Crippen LogP contribution is 2.33. The van der Waals surface area contributed by atoms with Crippen LogP contribution in [0.5, 0.6) is 0 Å². The lowest BCUT2D eigenvalue weighted by molar-refractivity contribution is -0.157. The Labute approximate surface area is 233 Å². The highest BCUT2D eigenvalue weighted by atomic mass is 16.6. The summed E-state index contributed by atoms with van der Waals surface area (Å²) in [6, 6.07) is 0.327. The highest BCUT2D eigenvalue weighted by Gasteiger charge is 2.32. The first-order valence-corrected chi connectivity index (χ1v) is 15.7. The van der Waals surface area contributed by atoms with Gasteiger partial charge in [0, 0.05) is 25.7 Å². The molecule has 222 valence electrons. The average Bonchev–Trinajstić information content (AvgIpc) is 2.90. The van der Waals surface area contributed by atoms with Crippen molar-refractivity contribution in [1.82, 2.24) is 26.2 Å². The van der Waals surface area contributed by atoms with E-state index in [4.69, 9.17) is 9.47 Å². The van der Waals surface area contributed by atoms with Crippen molar-refractivity contribution in [3.05, 3.63) is 0 Å². The van der Waals surface area contributed by atoms with E-state index in [2.05, 4.69) is 40.0 Å². The summed E-state index contributed by atoms with van der Waals surface area (Å²) >= 11 is 0. The van der Waals surface area contributed by atoms with Crippen LogP contribution in [0.2, 0.25) is 0 Å². The quantitative estimate of drug-likeness (QED) is 0.266. The van der Waals surface area contributed by atoms with Crippen LogP contribution in [0.1, 0.15) is 92.9 Å². The topological polar surface area (TPSA) is 86.9 Å². The molecule has 8 heteroatoms. The molecule has 1 atom stereocenters. The average molecular weight is 538 g/mol. The van der Waals surface area contributed by atoms with E-state index >= 15 is 0 Å². The molecule has 1 saturated heterocycles. The van der Waals surface area contributed by atoms with Crippen molar-refractivity contribution in [1.29, 1.82) is 0 Å². The number of likely N-dealkylation sites (N-methyl/N-ethyl adjacent to an activating group) is 1. The molecule has 0 aromatic rings. The molecule has 0 aromatic carbocycles. The molecule has 0 radical (unpaired) electrons. The maximum atomic E-state index is 12.2. The smallest absolute Gasteiger partial charge is 0.323 e. The highest BCUT2D eigenvalue weighted by molar-refractivity contribution is 5.75. The van der Waals surface area contributed by atoms with Gasteiger partial charge in [-0.1, -0.05) is 13.8 Å². The summed E-state index contributed by atoms with van der Waals surface area (Å²) in [6.07, 6.45) is 10.5. The molecule has 3 rings (SSSR count). The Morgan fingerprint density at radius 3 is 2.16 bits per heavy atom. The van der Waals surface area contributed by atoms with Crippen LogP contribution in [0, 0.1) is 17.8 Å². The molecule has 8 nitrogen and oxygen atoms in total. The zero-order chi connectivity index (χ0) is 27.5. The Morgan fingerprint density at radius 1 is 0.947 bits per heavy atom. The van der Waals surface area contributed by atoms with Gasteiger partial charge in [-0.15, -0.1) is 0 Å². The van der Waals surface area contributed by atoms with Crippen LogP contribution in [0.3, 0.4) is 0 Å². The third kappa shape index (κ3) is 11.0. The second-order valence-corrected chi connectivity index (χ2v) is 13.0. The Morgan fingerprint density at radius 2 is 1.58 bits per heavy atom. The molecular weight excluding hydrogens is 478 g/mol. The number of nitrogens with zero attached hydrogens (tertiary/aromatic N) is 1. The molecule has 3 aliphatic rings. The van der Waals surface area contributed by atoms with Crippen molar-refractivity contribution >= 4 is 5.97 Å². The Balaban J connectivity index is 1.24. The van der Waals surface area contributed by atoms with Crippen LogP contribution in [0.15, 0.2) is 0 Å². The monoisotopic (exact) mass is 537 g/mol. The first kappa shape index (κ1) is 31.8. The summed E-state index contributed by atoms with van der Waals surface area (Å²) in [6.45, 7) is 19.3. The fourth-order valence-corrected chi connectivity index (χ4v) is 6.33. The third-order valence-electron chi connectivity index (χ3n) is 8.93. The minimum absolute atomic E-state index is 0.152. The van der Waals surface area contributed by atoms with Crippen LogP contribution in [0.4, 0.5) is 0 Å². The second-order valence-electron chi connectivity index (χ2n) is 13.0. The van der Waals surface area contributed by atoms with E-state index in [0.717, 1.165) is 51.8 Å². The number of ether oxygens (including phenoxy) is 2. The predicted octanol–water partition coefficient (Wildman–Crippen LogP) is 3.46. The van der Waals surface area contributed by atoms with E-state index in [1.807, 2.05) is 27.7 Å². The Bertz CT molecular complexity index is 659. The van der Waals surface area contributed by atoms with Gasteiger partial charge >= 0.3 is 5.97 Å². The minimum Gasteiger partial charge on any atom is -0.459 e. The van der Waals surface area contributed by atoms with Crippen molar-refractivity contribution < 1.29 is 14.3 Å². The number of hydrogen-bond donors (Lipinski definition) is 4. The van der Waals surface area contributed by atoms with Crippen LogP contribution >= 0.6 is 0 Å². The summed E-state index contributed by atoms with van der Waals surface area (Å²) in [5.74, 6) is 2.00. The van der Waals surface area contributed by atoms with Crippen molar-refractivity contribution in [2.75, 3.05) is 45.9 Å². The number of nitrogens with one attached hydrogen (secondary N) is 4. The van der Waals surface area contributed by atoms with Crippen molar-refractivity contribution in [2.24, 2.45) is 17.8 Å². The maximum Gasteiger partial charge on any atom is 0.323 e. The normalized spacial score (nSPS) is 31.8. The van der Waals surface area contributed by atoms with Gasteiger partial charge in [-0.3, -0.25) is 20.7 Å². The number of esters is 1. The van der Waals surface area contributed by atoms with Gasteiger partial charge in [0.25, 0.3) is 0 Å². The lowest BCUT2D eigenvalue weighted by atomic mass is 9.75. The summed E-state index contributed by atoms with van der Waals surface area (Å²) < 4.78 is 11.7. The van der Waals surface area contributed by atoms with E-state index in [0.29, 0.717) is 24.0 Å². The van der Waals surface area contributed by atoms with Crippen LogP contribution in [-0.2, 0) is 14.3 Å². The molecule has 0 unspecified atom stereocenters. The van der Waals surface area contributed by atoms with Gasteiger partial charge in [-0.25, -0.2) is 0 Å². The molecule has 0 aromatic heterocycles. The lowest BCUT2D eigenvalue weighted by Crippen LogP contribution is -2.63. The maximum absolute atomic E-state index is 12.2. The van der Waals surface area contributed by atoms with Gasteiger partial charge in [0.05, 0.1) is 12.7 Å². The van der Waals surface area contributed by atoms with Crippen LogP contribution in [0.25, 0.3) is 0 Å².